The van der Waals surface area contributed by atoms with Crippen LogP contribution in [0.2, 0.25) is 0 Å². The van der Waals surface area contributed by atoms with Gasteiger partial charge in [0.1, 0.15) is 0 Å². The minimum atomic E-state index is 0.0257. The molecule has 0 aliphatic heterocycles. The summed E-state index contributed by atoms with van der Waals surface area (Å²) in [4.78, 5) is 15.5. The molecule has 3 N–H and O–H groups in total. The topological polar surface area (TPSA) is 56.9 Å². The number of aryl methyl sites for hydroxylation is 2. The molecule has 26 heavy (non-hydrogen) atoms. The second-order valence-corrected chi connectivity index (χ2v) is 6.47. The summed E-state index contributed by atoms with van der Waals surface area (Å²) in [5.41, 5.74) is 6.01. The molecule has 0 radical (unpaired) electrons. The lowest BCUT2D eigenvalue weighted by Gasteiger charge is -2.15. The predicted octanol–water partition coefficient (Wildman–Crippen LogP) is 4.06. The van der Waals surface area contributed by atoms with E-state index in [-0.39, 0.29) is 5.91 Å². The largest absolute Gasteiger partial charge is 0.376 e. The minimum Gasteiger partial charge on any atom is -0.376 e. The summed E-state index contributed by atoms with van der Waals surface area (Å²) < 4.78 is 0. The van der Waals surface area contributed by atoms with Crippen molar-refractivity contribution in [1.82, 2.24) is 10.3 Å². The van der Waals surface area contributed by atoms with Crippen LogP contribution < -0.4 is 10.6 Å². The molecule has 136 valence electrons. The highest BCUT2D eigenvalue weighted by Gasteiger charge is 2.08. The van der Waals surface area contributed by atoms with Crippen molar-refractivity contribution in [2.24, 2.45) is 0 Å². The van der Waals surface area contributed by atoms with Crippen molar-refractivity contribution in [2.45, 2.75) is 33.1 Å². The number of fused-ring (bicyclic) bond motifs is 1. The Morgan fingerprint density at radius 2 is 1.69 bits per heavy atom. The Kier molecular flexibility index (Phi) is 5.95. The molecule has 2 aromatic carbocycles. The lowest BCUT2D eigenvalue weighted by atomic mass is 10.0. The molecule has 0 unspecified atom stereocenters. The highest BCUT2D eigenvalue weighted by molar-refractivity contribution is 5.83. The Bertz CT molecular complexity index is 860. The first kappa shape index (κ1) is 18.1. The van der Waals surface area contributed by atoms with E-state index in [9.17, 15) is 4.79 Å². The Labute approximate surface area is 155 Å². The number of anilines is 1. The van der Waals surface area contributed by atoms with Gasteiger partial charge in [-0.2, -0.15) is 0 Å². The van der Waals surface area contributed by atoms with Gasteiger partial charge < -0.3 is 15.6 Å². The molecule has 0 aliphatic carbocycles. The number of hydrogen-bond acceptors (Lipinski definition) is 2. The summed E-state index contributed by atoms with van der Waals surface area (Å²) in [5.74, 6) is 0.0257. The van der Waals surface area contributed by atoms with E-state index >= 15 is 0 Å². The summed E-state index contributed by atoms with van der Waals surface area (Å²) in [7, 11) is 0. The van der Waals surface area contributed by atoms with E-state index in [1.165, 1.54) is 22.1 Å². The Hall–Kier alpha value is -2.75. The molecule has 3 aromatic rings. The zero-order valence-corrected chi connectivity index (χ0v) is 15.6. The van der Waals surface area contributed by atoms with Gasteiger partial charge in [-0.25, -0.2) is 0 Å². The number of amides is 1. The maximum absolute atomic E-state index is 12.2. The van der Waals surface area contributed by atoms with Gasteiger partial charge >= 0.3 is 0 Å². The molecule has 0 saturated carbocycles. The van der Waals surface area contributed by atoms with E-state index < -0.39 is 0 Å². The summed E-state index contributed by atoms with van der Waals surface area (Å²) in [6.45, 7) is 5.22. The van der Waals surface area contributed by atoms with Crippen LogP contribution in [0.25, 0.3) is 10.9 Å². The number of aromatic amines is 1. The van der Waals surface area contributed by atoms with Gasteiger partial charge in [-0.15, -0.1) is 0 Å². The zero-order valence-electron chi connectivity index (χ0n) is 15.6. The second-order valence-electron chi connectivity index (χ2n) is 6.47. The first-order valence-electron chi connectivity index (χ1n) is 9.39. The highest BCUT2D eigenvalue weighted by atomic mass is 16.1. The molecule has 0 spiro atoms. The fourth-order valence-electron chi connectivity index (χ4n) is 3.38. The van der Waals surface area contributed by atoms with Crippen LogP contribution in [0.5, 0.6) is 0 Å². The van der Waals surface area contributed by atoms with Crippen LogP contribution in [-0.4, -0.2) is 24.0 Å². The van der Waals surface area contributed by atoms with Crippen molar-refractivity contribution < 1.29 is 4.79 Å². The molecule has 1 amide bonds. The smallest absolute Gasteiger partial charge is 0.239 e. The third-order valence-corrected chi connectivity index (χ3v) is 4.82. The molecule has 4 heteroatoms. The first-order valence-corrected chi connectivity index (χ1v) is 9.39. The van der Waals surface area contributed by atoms with Crippen molar-refractivity contribution in [3.8, 4) is 0 Å². The van der Waals surface area contributed by atoms with Gasteiger partial charge in [0, 0.05) is 29.3 Å². The summed E-state index contributed by atoms with van der Waals surface area (Å²) >= 11 is 0. The van der Waals surface area contributed by atoms with Crippen molar-refractivity contribution >= 4 is 22.5 Å². The van der Waals surface area contributed by atoms with Crippen molar-refractivity contribution in [1.29, 1.82) is 0 Å². The van der Waals surface area contributed by atoms with Gasteiger partial charge in [-0.3, -0.25) is 4.79 Å². The molecular weight excluding hydrogens is 322 g/mol. The minimum absolute atomic E-state index is 0.0257. The maximum Gasteiger partial charge on any atom is 0.239 e. The van der Waals surface area contributed by atoms with Gasteiger partial charge in [0.25, 0.3) is 0 Å². The van der Waals surface area contributed by atoms with E-state index in [1.54, 1.807) is 0 Å². The standard InChI is InChI=1S/C22H27N3O/c1-3-16-8-7-9-17(4-2)22(16)25-15-21(26)23-13-12-18-14-24-20-11-6-5-10-19(18)20/h5-11,14,24-25H,3-4,12-13,15H2,1-2H3,(H,23,26). The van der Waals surface area contributed by atoms with Crippen LogP contribution in [0.3, 0.4) is 0 Å². The number of H-pyrrole nitrogens is 1. The van der Waals surface area contributed by atoms with Crippen LogP contribution in [0.15, 0.2) is 48.7 Å². The molecule has 0 bridgehead atoms. The number of nitrogens with one attached hydrogen (secondary N) is 3. The predicted molar refractivity (Wildman–Crippen MR) is 109 cm³/mol. The van der Waals surface area contributed by atoms with Gasteiger partial charge in [-0.1, -0.05) is 50.2 Å². The van der Waals surface area contributed by atoms with Crippen LogP contribution in [0.4, 0.5) is 5.69 Å². The van der Waals surface area contributed by atoms with E-state index in [4.69, 9.17) is 0 Å². The first-order chi connectivity index (χ1) is 12.7. The van der Waals surface area contributed by atoms with Gasteiger partial charge in [0.15, 0.2) is 0 Å². The number of rotatable bonds is 8. The summed E-state index contributed by atoms with van der Waals surface area (Å²) in [6, 6.07) is 14.6. The van der Waals surface area contributed by atoms with E-state index in [2.05, 4.69) is 59.8 Å². The molecule has 3 rings (SSSR count). The van der Waals surface area contributed by atoms with E-state index in [0.717, 1.165) is 30.5 Å². The van der Waals surface area contributed by atoms with Crippen molar-refractivity contribution in [3.05, 3.63) is 65.4 Å². The molecular formula is C22H27N3O. The highest BCUT2D eigenvalue weighted by Crippen LogP contribution is 2.22. The molecule has 1 aromatic heterocycles. The Balaban J connectivity index is 1.52. The number of carbonyl (C=O) groups is 1. The summed E-state index contributed by atoms with van der Waals surface area (Å²) in [5, 5.41) is 7.58. The number of para-hydroxylation sites is 2. The van der Waals surface area contributed by atoms with E-state index in [1.807, 2.05) is 18.3 Å². The van der Waals surface area contributed by atoms with Gasteiger partial charge in [0.05, 0.1) is 6.54 Å². The average Bonchev–Trinajstić information content (AvgIpc) is 3.09. The number of carbonyl (C=O) groups excluding carboxylic acids is 1. The monoisotopic (exact) mass is 349 g/mol. The molecule has 0 fully saturated rings. The lowest BCUT2D eigenvalue weighted by molar-refractivity contribution is -0.119. The normalized spacial score (nSPS) is 10.8. The fourth-order valence-corrected chi connectivity index (χ4v) is 3.38. The quantitative estimate of drug-likeness (QED) is 0.574. The lowest BCUT2D eigenvalue weighted by Crippen LogP contribution is -2.31. The van der Waals surface area contributed by atoms with Gasteiger partial charge in [0.2, 0.25) is 5.91 Å². The Morgan fingerprint density at radius 3 is 2.42 bits per heavy atom. The summed E-state index contributed by atoms with van der Waals surface area (Å²) in [6.07, 6.45) is 4.76. The molecule has 0 saturated heterocycles. The zero-order chi connectivity index (χ0) is 18.4. The number of benzene rings is 2. The van der Waals surface area contributed by atoms with Gasteiger partial charge in [-0.05, 0) is 42.0 Å². The SMILES string of the molecule is CCc1cccc(CC)c1NCC(=O)NCCc1c[nH]c2ccccc12. The Morgan fingerprint density at radius 1 is 0.962 bits per heavy atom. The molecule has 1 heterocycles. The second kappa shape index (κ2) is 8.56. The third-order valence-electron chi connectivity index (χ3n) is 4.82. The van der Waals surface area contributed by atoms with Crippen LogP contribution >= 0.6 is 0 Å². The van der Waals surface area contributed by atoms with E-state index in [0.29, 0.717) is 13.1 Å². The fraction of sp³-hybridized carbons (Fsp3) is 0.318. The molecule has 0 aliphatic rings. The number of aromatic nitrogens is 1. The third kappa shape index (κ3) is 4.07. The molecule has 4 nitrogen and oxygen atoms in total. The number of hydrogen-bond donors (Lipinski definition) is 3. The van der Waals surface area contributed by atoms with Crippen molar-refractivity contribution in [3.63, 3.8) is 0 Å². The van der Waals surface area contributed by atoms with Crippen LogP contribution in [0, 0.1) is 0 Å². The van der Waals surface area contributed by atoms with Crippen LogP contribution in [-0.2, 0) is 24.1 Å². The molecule has 0 atom stereocenters. The van der Waals surface area contributed by atoms with Crippen LogP contribution in [0.1, 0.15) is 30.5 Å². The maximum atomic E-state index is 12.2. The van der Waals surface area contributed by atoms with Crippen molar-refractivity contribution in [2.75, 3.05) is 18.4 Å². The average molecular weight is 349 g/mol.